The predicted octanol–water partition coefficient (Wildman–Crippen LogP) is -0.0106. The summed E-state index contributed by atoms with van der Waals surface area (Å²) >= 11 is 2.79. The molecule has 2 amide bonds. The summed E-state index contributed by atoms with van der Waals surface area (Å²) in [7, 11) is 1.33. The molecule has 2 atom stereocenters. The maximum atomic E-state index is 12.4. The summed E-state index contributed by atoms with van der Waals surface area (Å²) in [4.78, 5) is 34.7. The van der Waals surface area contributed by atoms with Gasteiger partial charge in [-0.25, -0.2) is 4.98 Å². The zero-order chi connectivity index (χ0) is 15.7. The Balaban J connectivity index is 1.74. The van der Waals surface area contributed by atoms with Gasteiger partial charge in [0, 0.05) is 17.3 Å². The number of hydrogen-bond acceptors (Lipinski definition) is 8. The third-order valence-electron chi connectivity index (χ3n) is 3.16. The van der Waals surface area contributed by atoms with E-state index < -0.39 is 11.9 Å². The van der Waals surface area contributed by atoms with Gasteiger partial charge in [0.1, 0.15) is 24.2 Å². The van der Waals surface area contributed by atoms with Crippen molar-refractivity contribution in [3.63, 3.8) is 0 Å². The molecule has 3 N–H and O–H groups in total. The molecule has 0 radical (unpaired) electrons. The lowest BCUT2D eigenvalue weighted by Gasteiger charge is -2.46. The molecule has 2 aliphatic rings. The number of amides is 2. The Bertz CT molecular complexity index is 671. The van der Waals surface area contributed by atoms with Crippen molar-refractivity contribution in [1.29, 1.82) is 0 Å². The number of thioether (sulfide) groups is 1. The molecule has 1 aromatic rings. The van der Waals surface area contributed by atoms with E-state index in [-0.39, 0.29) is 17.0 Å². The highest BCUT2D eigenvalue weighted by Gasteiger charge is 2.48. The van der Waals surface area contributed by atoms with E-state index in [1.54, 1.807) is 28.2 Å². The van der Waals surface area contributed by atoms with Crippen LogP contribution in [0.2, 0.25) is 0 Å². The molecule has 1 saturated heterocycles. The molecule has 1 aromatic heterocycles. The van der Waals surface area contributed by atoms with Crippen LogP contribution in [-0.2, 0) is 14.4 Å². The summed E-state index contributed by atoms with van der Waals surface area (Å²) in [6.07, 6.45) is 3.66. The van der Waals surface area contributed by atoms with Crippen LogP contribution in [0.1, 0.15) is 5.69 Å². The molecule has 116 valence electrons. The fourth-order valence-corrected chi connectivity index (χ4v) is 3.82. The fourth-order valence-electron chi connectivity index (χ4n) is 2.17. The molecule has 10 heteroatoms. The fraction of sp³-hybridized carbons (Fsp3) is 0.333. The van der Waals surface area contributed by atoms with E-state index in [1.807, 2.05) is 6.08 Å². The van der Waals surface area contributed by atoms with Gasteiger partial charge < -0.3 is 20.8 Å². The van der Waals surface area contributed by atoms with Crippen LogP contribution in [0, 0.1) is 0 Å². The maximum Gasteiger partial charge on any atom is 0.276 e. The van der Waals surface area contributed by atoms with E-state index in [2.05, 4.69) is 15.5 Å². The summed E-state index contributed by atoms with van der Waals surface area (Å²) < 4.78 is 0. The first-order chi connectivity index (χ1) is 10.6. The van der Waals surface area contributed by atoms with Gasteiger partial charge in [-0.2, -0.15) is 0 Å². The average molecular weight is 339 g/mol. The van der Waals surface area contributed by atoms with Crippen LogP contribution in [-0.4, -0.2) is 51.7 Å². The highest BCUT2D eigenvalue weighted by molar-refractivity contribution is 8.00. The number of carbonyl (C=O) groups is 2. The smallest absolute Gasteiger partial charge is 0.276 e. The second-order valence-corrected chi connectivity index (χ2v) is 6.54. The number of fused-ring (bicyclic) bond motifs is 1. The zero-order valence-corrected chi connectivity index (χ0v) is 13.2. The molecule has 0 aromatic carbocycles. The van der Waals surface area contributed by atoms with Gasteiger partial charge in [-0.15, -0.1) is 23.1 Å². The molecule has 0 bridgehead atoms. The lowest BCUT2D eigenvalue weighted by Crippen LogP contribution is -2.68. The quantitative estimate of drug-likeness (QED) is 0.453. The van der Waals surface area contributed by atoms with Gasteiger partial charge in [-0.1, -0.05) is 11.2 Å². The minimum atomic E-state index is -0.569. The third-order valence-corrected chi connectivity index (χ3v) is 5.06. The number of rotatable bonds is 4. The van der Waals surface area contributed by atoms with Crippen molar-refractivity contribution < 1.29 is 14.4 Å². The van der Waals surface area contributed by atoms with Crippen molar-refractivity contribution >= 4 is 45.8 Å². The van der Waals surface area contributed by atoms with E-state index in [4.69, 9.17) is 10.6 Å². The Morgan fingerprint density at radius 1 is 1.64 bits per heavy atom. The van der Waals surface area contributed by atoms with Gasteiger partial charge >= 0.3 is 0 Å². The first-order valence-corrected chi connectivity index (χ1v) is 8.28. The number of nitrogens with zero attached hydrogens (tertiary/aromatic N) is 3. The van der Waals surface area contributed by atoms with Crippen molar-refractivity contribution in [3.8, 4) is 0 Å². The van der Waals surface area contributed by atoms with Crippen LogP contribution in [0.5, 0.6) is 0 Å². The number of thiazole rings is 1. The van der Waals surface area contributed by atoms with Crippen LogP contribution in [0.3, 0.4) is 0 Å². The SMILES string of the molecule is CON=C(C(=O)NC1C(=O)N2C=CCS[C@@H]12)c1csc(N)n1. The van der Waals surface area contributed by atoms with E-state index in [1.165, 1.54) is 18.4 Å². The molecule has 22 heavy (non-hydrogen) atoms. The summed E-state index contributed by atoms with van der Waals surface area (Å²) in [5.41, 5.74) is 5.89. The normalized spacial score (nSPS) is 23.8. The van der Waals surface area contributed by atoms with Gasteiger partial charge in [-0.3, -0.25) is 9.59 Å². The summed E-state index contributed by atoms with van der Waals surface area (Å²) in [6.45, 7) is 0. The maximum absolute atomic E-state index is 12.4. The lowest BCUT2D eigenvalue weighted by molar-refractivity contribution is -0.143. The zero-order valence-electron chi connectivity index (χ0n) is 11.6. The molecule has 0 saturated carbocycles. The molecule has 0 aliphatic carbocycles. The van der Waals surface area contributed by atoms with Crippen molar-refractivity contribution in [2.45, 2.75) is 11.4 Å². The topological polar surface area (TPSA) is 110 Å². The lowest BCUT2D eigenvalue weighted by atomic mass is 10.1. The van der Waals surface area contributed by atoms with Gasteiger partial charge in [0.15, 0.2) is 10.8 Å². The van der Waals surface area contributed by atoms with Crippen molar-refractivity contribution in [3.05, 3.63) is 23.3 Å². The Hall–Kier alpha value is -2.07. The molecular weight excluding hydrogens is 326 g/mol. The van der Waals surface area contributed by atoms with Crippen molar-refractivity contribution in [2.75, 3.05) is 18.6 Å². The number of nitrogen functional groups attached to an aromatic ring is 1. The number of nitrogens with one attached hydrogen (secondary N) is 1. The van der Waals surface area contributed by atoms with Crippen LogP contribution >= 0.6 is 23.1 Å². The number of nitrogens with two attached hydrogens (primary N) is 1. The number of oxime groups is 1. The monoisotopic (exact) mass is 339 g/mol. The predicted molar refractivity (Wildman–Crippen MR) is 84.2 cm³/mol. The molecule has 0 spiro atoms. The molecule has 2 aliphatic heterocycles. The number of hydrogen-bond donors (Lipinski definition) is 2. The minimum absolute atomic E-state index is 0.00180. The molecular formula is C12H13N5O3S2. The van der Waals surface area contributed by atoms with E-state index in [9.17, 15) is 9.59 Å². The Labute approximate surface area is 134 Å². The number of anilines is 1. The summed E-state index contributed by atoms with van der Waals surface area (Å²) in [5, 5.41) is 8.24. The highest BCUT2D eigenvalue weighted by atomic mass is 32.2. The highest BCUT2D eigenvalue weighted by Crippen LogP contribution is 2.33. The third kappa shape index (κ3) is 2.55. The molecule has 8 nitrogen and oxygen atoms in total. The second kappa shape index (κ2) is 5.97. The van der Waals surface area contributed by atoms with Crippen molar-refractivity contribution in [2.24, 2.45) is 5.16 Å². The summed E-state index contributed by atoms with van der Waals surface area (Å²) in [6, 6.07) is -0.569. The van der Waals surface area contributed by atoms with Gasteiger partial charge in [0.05, 0.1) is 0 Å². The number of β-lactam (4-membered cyclic amide) rings is 1. The minimum Gasteiger partial charge on any atom is -0.398 e. The second-order valence-electron chi connectivity index (χ2n) is 4.50. The van der Waals surface area contributed by atoms with E-state index >= 15 is 0 Å². The van der Waals surface area contributed by atoms with Gasteiger partial charge in [-0.05, 0) is 0 Å². The largest absolute Gasteiger partial charge is 0.398 e. The average Bonchev–Trinajstić information content (AvgIpc) is 2.95. The van der Waals surface area contributed by atoms with Gasteiger partial charge in [0.2, 0.25) is 0 Å². The van der Waals surface area contributed by atoms with Crippen molar-refractivity contribution in [1.82, 2.24) is 15.2 Å². The van der Waals surface area contributed by atoms with Gasteiger partial charge in [0.25, 0.3) is 11.8 Å². The van der Waals surface area contributed by atoms with Crippen LogP contribution in [0.4, 0.5) is 5.13 Å². The number of carbonyl (C=O) groups excluding carboxylic acids is 2. The van der Waals surface area contributed by atoms with E-state index in [0.29, 0.717) is 10.8 Å². The Kier molecular flexibility index (Phi) is 4.03. The molecule has 1 unspecified atom stereocenters. The molecule has 3 rings (SSSR count). The summed E-state index contributed by atoms with van der Waals surface area (Å²) in [5.74, 6) is 0.152. The number of aromatic nitrogens is 1. The van der Waals surface area contributed by atoms with Crippen LogP contribution in [0.25, 0.3) is 0 Å². The first kappa shape index (κ1) is 14.9. The Morgan fingerprint density at radius 3 is 3.14 bits per heavy atom. The van der Waals surface area contributed by atoms with E-state index in [0.717, 1.165) is 5.75 Å². The van der Waals surface area contributed by atoms with Crippen LogP contribution < -0.4 is 11.1 Å². The molecule has 1 fully saturated rings. The Morgan fingerprint density at radius 2 is 2.45 bits per heavy atom. The van der Waals surface area contributed by atoms with Crippen LogP contribution in [0.15, 0.2) is 22.8 Å². The standard InChI is InChI=1S/C12H13N5O3S2/c1-20-16-7(6-5-22-12(13)14-6)9(18)15-8-10(19)17-3-2-4-21-11(8)17/h2-3,5,8,11H,4H2,1H3,(H2,13,14)(H,15,18)/t8?,11-/m0/s1. The molecule has 3 heterocycles. The first-order valence-electron chi connectivity index (χ1n) is 6.35.